The van der Waals surface area contributed by atoms with Gasteiger partial charge in [0.2, 0.25) is 0 Å². The zero-order valence-electron chi connectivity index (χ0n) is 6.32. The Morgan fingerprint density at radius 3 is 2.91 bits per heavy atom. The van der Waals surface area contributed by atoms with Gasteiger partial charge in [-0.3, -0.25) is 0 Å². The first-order valence-corrected chi connectivity index (χ1v) is 3.40. The summed E-state index contributed by atoms with van der Waals surface area (Å²) in [5, 5.41) is 9.01. The van der Waals surface area contributed by atoms with Crippen molar-refractivity contribution in [2.45, 2.75) is 6.92 Å². The number of aromatic hydroxyl groups is 1. The molecule has 0 aliphatic carbocycles. The van der Waals surface area contributed by atoms with Gasteiger partial charge in [0.05, 0.1) is 6.26 Å². The third-order valence-electron chi connectivity index (χ3n) is 1.16. The lowest BCUT2D eigenvalue weighted by molar-refractivity contribution is 0.454. The molecule has 11 heavy (non-hydrogen) atoms. The summed E-state index contributed by atoms with van der Waals surface area (Å²) < 4.78 is 5.10. The van der Waals surface area contributed by atoms with Crippen LogP contribution in [0.25, 0.3) is 0 Å². The van der Waals surface area contributed by atoms with Crippen LogP contribution in [0.2, 0.25) is 0 Å². The highest BCUT2D eigenvalue weighted by Crippen LogP contribution is 2.17. The summed E-state index contributed by atoms with van der Waals surface area (Å²) in [6.07, 6.45) is 3.35. The molecule has 0 amide bonds. The van der Waals surface area contributed by atoms with Crippen LogP contribution in [-0.2, 0) is 0 Å². The van der Waals surface area contributed by atoms with E-state index >= 15 is 0 Å². The number of phenols is 1. The van der Waals surface area contributed by atoms with Gasteiger partial charge < -0.3 is 9.84 Å². The van der Waals surface area contributed by atoms with Crippen LogP contribution < -0.4 is 4.74 Å². The van der Waals surface area contributed by atoms with Crippen LogP contribution in [0, 0.1) is 0 Å². The molecule has 0 spiro atoms. The fraction of sp³-hybridized carbons (Fsp3) is 0.111. The number of hydrogen-bond donors (Lipinski definition) is 1. The van der Waals surface area contributed by atoms with Gasteiger partial charge >= 0.3 is 0 Å². The molecule has 0 bridgehead atoms. The Hall–Kier alpha value is -1.44. The minimum atomic E-state index is 0.215. The van der Waals surface area contributed by atoms with Gasteiger partial charge in [-0.2, -0.15) is 0 Å². The molecule has 1 N–H and O–H groups in total. The molecule has 0 saturated carbocycles. The Morgan fingerprint density at radius 2 is 2.27 bits per heavy atom. The van der Waals surface area contributed by atoms with Crippen molar-refractivity contribution in [2.75, 3.05) is 0 Å². The highest BCUT2D eigenvalue weighted by molar-refractivity contribution is 5.32. The summed E-state index contributed by atoms with van der Waals surface area (Å²) in [7, 11) is 0. The van der Waals surface area contributed by atoms with Crippen LogP contribution in [0.1, 0.15) is 6.92 Å². The summed E-state index contributed by atoms with van der Waals surface area (Å²) in [4.78, 5) is 0. The maximum atomic E-state index is 9.01. The highest BCUT2D eigenvalue weighted by Gasteiger charge is 1.90. The van der Waals surface area contributed by atoms with Crippen LogP contribution in [0.3, 0.4) is 0 Å². The Kier molecular flexibility index (Phi) is 2.55. The van der Waals surface area contributed by atoms with Crippen molar-refractivity contribution in [3.05, 3.63) is 36.6 Å². The molecule has 1 aromatic rings. The standard InChI is InChI=1S/C9H10O2/c1-2-6-11-9-5-3-4-8(10)7-9/h2-7,10H,1H3. The number of ether oxygens (including phenoxy) is 1. The largest absolute Gasteiger partial charge is 0.508 e. The second kappa shape index (κ2) is 3.66. The molecule has 0 aromatic heterocycles. The van der Waals surface area contributed by atoms with Crippen molar-refractivity contribution in [3.63, 3.8) is 0 Å². The van der Waals surface area contributed by atoms with Crippen LogP contribution in [-0.4, -0.2) is 5.11 Å². The highest BCUT2D eigenvalue weighted by atomic mass is 16.5. The number of hydrogen-bond acceptors (Lipinski definition) is 2. The number of phenolic OH excluding ortho intramolecular Hbond substituents is 1. The summed E-state index contributed by atoms with van der Waals surface area (Å²) >= 11 is 0. The molecule has 58 valence electrons. The van der Waals surface area contributed by atoms with Gasteiger partial charge in [0, 0.05) is 6.07 Å². The minimum absolute atomic E-state index is 0.215. The summed E-state index contributed by atoms with van der Waals surface area (Å²) in [6, 6.07) is 6.66. The molecule has 0 fully saturated rings. The predicted octanol–water partition coefficient (Wildman–Crippen LogP) is 2.30. The maximum Gasteiger partial charge on any atom is 0.130 e. The third kappa shape index (κ3) is 2.34. The van der Waals surface area contributed by atoms with Gasteiger partial charge in [-0.25, -0.2) is 0 Å². The molecule has 0 heterocycles. The summed E-state index contributed by atoms with van der Waals surface area (Å²) in [6.45, 7) is 1.86. The lowest BCUT2D eigenvalue weighted by Gasteiger charge is -1.98. The van der Waals surface area contributed by atoms with E-state index in [0.29, 0.717) is 5.75 Å². The van der Waals surface area contributed by atoms with Crippen molar-refractivity contribution >= 4 is 0 Å². The van der Waals surface area contributed by atoms with Gasteiger partial charge in [-0.1, -0.05) is 12.1 Å². The lowest BCUT2D eigenvalue weighted by atomic mass is 10.3. The second-order valence-electron chi connectivity index (χ2n) is 2.08. The molecule has 2 nitrogen and oxygen atoms in total. The first-order valence-electron chi connectivity index (χ1n) is 3.40. The minimum Gasteiger partial charge on any atom is -0.508 e. The molecule has 1 aromatic carbocycles. The monoisotopic (exact) mass is 150 g/mol. The normalized spacial score (nSPS) is 10.3. The molecule has 1 rings (SSSR count). The molecular weight excluding hydrogens is 140 g/mol. The average molecular weight is 150 g/mol. The van der Waals surface area contributed by atoms with Crippen LogP contribution in [0.5, 0.6) is 11.5 Å². The second-order valence-corrected chi connectivity index (χ2v) is 2.08. The van der Waals surface area contributed by atoms with E-state index in [9.17, 15) is 0 Å². The molecular formula is C9H10O2. The van der Waals surface area contributed by atoms with E-state index in [-0.39, 0.29) is 5.75 Å². The molecule has 0 radical (unpaired) electrons. The van der Waals surface area contributed by atoms with E-state index in [4.69, 9.17) is 9.84 Å². The van der Waals surface area contributed by atoms with E-state index in [1.807, 2.05) is 6.92 Å². The zero-order valence-corrected chi connectivity index (χ0v) is 6.32. The first kappa shape index (κ1) is 7.66. The fourth-order valence-corrected chi connectivity index (χ4v) is 0.703. The quantitative estimate of drug-likeness (QED) is 0.655. The smallest absolute Gasteiger partial charge is 0.130 e. The molecule has 0 saturated heterocycles. The van der Waals surface area contributed by atoms with Gasteiger partial charge in [0.15, 0.2) is 0 Å². The van der Waals surface area contributed by atoms with Crippen LogP contribution in [0.4, 0.5) is 0 Å². The zero-order chi connectivity index (χ0) is 8.10. The van der Waals surface area contributed by atoms with Gasteiger partial charge in [0.25, 0.3) is 0 Å². The molecule has 0 aliphatic rings. The van der Waals surface area contributed by atoms with Crippen LogP contribution >= 0.6 is 0 Å². The van der Waals surface area contributed by atoms with Gasteiger partial charge in [0.1, 0.15) is 11.5 Å². The van der Waals surface area contributed by atoms with Crippen molar-refractivity contribution in [1.82, 2.24) is 0 Å². The van der Waals surface area contributed by atoms with Gasteiger partial charge in [-0.15, -0.1) is 0 Å². The summed E-state index contributed by atoms with van der Waals surface area (Å²) in [5.41, 5.74) is 0. The summed E-state index contributed by atoms with van der Waals surface area (Å²) in [5.74, 6) is 0.857. The van der Waals surface area contributed by atoms with Crippen molar-refractivity contribution in [3.8, 4) is 11.5 Å². The lowest BCUT2D eigenvalue weighted by Crippen LogP contribution is -1.79. The first-order chi connectivity index (χ1) is 5.33. The topological polar surface area (TPSA) is 29.5 Å². The molecule has 2 heteroatoms. The van der Waals surface area contributed by atoms with E-state index in [1.165, 1.54) is 0 Å². The van der Waals surface area contributed by atoms with Gasteiger partial charge in [-0.05, 0) is 19.1 Å². The number of benzene rings is 1. The Morgan fingerprint density at radius 1 is 1.45 bits per heavy atom. The Bertz CT molecular complexity index is 253. The maximum absolute atomic E-state index is 9.01. The third-order valence-corrected chi connectivity index (χ3v) is 1.16. The number of allylic oxidation sites excluding steroid dienone is 1. The Balaban J connectivity index is 2.71. The SMILES string of the molecule is CC=COc1cccc(O)c1. The van der Waals surface area contributed by atoms with E-state index in [2.05, 4.69) is 0 Å². The van der Waals surface area contributed by atoms with E-state index in [0.717, 1.165) is 0 Å². The van der Waals surface area contributed by atoms with E-state index < -0.39 is 0 Å². The molecule has 0 unspecified atom stereocenters. The Labute approximate surface area is 65.7 Å². The van der Waals surface area contributed by atoms with Crippen molar-refractivity contribution < 1.29 is 9.84 Å². The molecule has 0 aliphatic heterocycles. The van der Waals surface area contributed by atoms with Crippen molar-refractivity contribution in [1.29, 1.82) is 0 Å². The van der Waals surface area contributed by atoms with Crippen molar-refractivity contribution in [2.24, 2.45) is 0 Å². The van der Waals surface area contributed by atoms with Crippen LogP contribution in [0.15, 0.2) is 36.6 Å². The number of rotatable bonds is 2. The average Bonchev–Trinajstić information content (AvgIpc) is 2.01. The van der Waals surface area contributed by atoms with E-state index in [1.54, 1.807) is 36.6 Å². The fourth-order valence-electron chi connectivity index (χ4n) is 0.703. The molecule has 0 atom stereocenters. The predicted molar refractivity (Wildman–Crippen MR) is 43.5 cm³/mol.